The second kappa shape index (κ2) is 57.2. The summed E-state index contributed by atoms with van der Waals surface area (Å²) in [4.78, 5) is 129. The highest BCUT2D eigenvalue weighted by atomic mass is 16.7. The Bertz CT molecular complexity index is 2730. The molecule has 3 aliphatic heterocycles. The van der Waals surface area contributed by atoms with Crippen LogP contribution in [0.3, 0.4) is 0 Å². The molecule has 1 saturated carbocycles. The Hall–Kier alpha value is -6.06. The first-order valence-electron chi connectivity index (χ1n) is 40.8. The average molecular weight is 1650 g/mol. The van der Waals surface area contributed by atoms with Crippen LogP contribution in [0.2, 0.25) is 0 Å². The van der Waals surface area contributed by atoms with E-state index in [-0.39, 0.29) is 196 Å². The summed E-state index contributed by atoms with van der Waals surface area (Å²) in [5.74, 6) is -5.06. The van der Waals surface area contributed by atoms with Gasteiger partial charge in [-0.25, -0.2) is 0 Å². The maximum atomic E-state index is 14.5. The maximum Gasteiger partial charge on any atom is 0.223 e. The van der Waals surface area contributed by atoms with Crippen LogP contribution >= 0.6 is 0 Å². The number of amides is 10. The van der Waals surface area contributed by atoms with Crippen LogP contribution in [0.5, 0.6) is 0 Å². The molecular formula is C76H136N10O29. The lowest BCUT2D eigenvalue weighted by molar-refractivity contribution is -0.272. The molecule has 664 valence electrons. The number of aliphatic hydroxyl groups excluding tert-OH is 9. The van der Waals surface area contributed by atoms with Gasteiger partial charge in [0, 0.05) is 111 Å². The van der Waals surface area contributed by atoms with Crippen molar-refractivity contribution in [3.8, 4) is 0 Å². The van der Waals surface area contributed by atoms with Gasteiger partial charge >= 0.3 is 0 Å². The molecule has 0 aromatic heterocycles. The largest absolute Gasteiger partial charge is 0.394 e. The van der Waals surface area contributed by atoms with Gasteiger partial charge in [0.2, 0.25) is 59.1 Å². The summed E-state index contributed by atoms with van der Waals surface area (Å²) in [6.07, 6.45) is -6.45. The highest BCUT2D eigenvalue weighted by Crippen LogP contribution is 2.31. The van der Waals surface area contributed by atoms with Crippen LogP contribution in [0.15, 0.2) is 0 Å². The van der Waals surface area contributed by atoms with Crippen LogP contribution < -0.4 is 53.2 Å². The van der Waals surface area contributed by atoms with Gasteiger partial charge in [-0.1, -0.05) is 25.7 Å². The first kappa shape index (κ1) is 101. The summed E-state index contributed by atoms with van der Waals surface area (Å²) >= 11 is 0. The number of nitrogens with one attached hydrogen (secondary N) is 10. The van der Waals surface area contributed by atoms with Crippen molar-refractivity contribution in [2.75, 3.05) is 125 Å². The molecule has 39 nitrogen and oxygen atoms in total. The standard InChI is InChI=1S/C76H136N10O29/c1-47(90)84-62-68(101)65(98)54(44-87)112-73(62)109-39-36-106-33-30-79-57(93)19-10-7-14-26-77-60(96)42-51(43-61(97)78-27-15-8-11-20-58(94)80-31-34-107-37-40-110-74-63(85-48(2)91)69(102)66(99)55(45-88)113-74)53(18-13-17-29-82-71(104)50-22-24-52(25-23-50)115-76(4,5)6)72(105)83-28-16-9-12-21-59(95)81-32-35-108-38-41-111-75-64(86-49(3)92)70(103)67(100)56(46-89)114-75/h50-56,62-70,73-75,87-89,98-103H,7-46H2,1-6H3,(H,77,96)(H,78,97)(H,79,93)(H,80,94)(H,81,95)(H,82,104)(H,83,105)(H,84,90)(H,85,91)(H,86,92). The summed E-state index contributed by atoms with van der Waals surface area (Å²) < 4.78 is 56.4. The number of aliphatic hydroxyl groups is 9. The molecule has 39 heteroatoms. The molecule has 4 fully saturated rings. The molecule has 3 heterocycles. The third-order valence-corrected chi connectivity index (χ3v) is 19.8. The molecule has 115 heavy (non-hydrogen) atoms. The van der Waals surface area contributed by atoms with Crippen molar-refractivity contribution in [1.82, 2.24) is 53.2 Å². The Kier molecular flexibility index (Phi) is 50.4. The molecule has 19 N–H and O–H groups in total. The minimum absolute atomic E-state index is 0.0368. The van der Waals surface area contributed by atoms with E-state index in [1.807, 2.05) is 20.8 Å². The van der Waals surface area contributed by atoms with E-state index >= 15 is 0 Å². The van der Waals surface area contributed by atoms with Gasteiger partial charge < -0.3 is 146 Å². The summed E-state index contributed by atoms with van der Waals surface area (Å²) in [7, 11) is 0. The number of rotatable bonds is 58. The van der Waals surface area contributed by atoms with E-state index in [4.69, 9.17) is 47.4 Å². The third kappa shape index (κ3) is 41.0. The Morgan fingerprint density at radius 1 is 0.383 bits per heavy atom. The van der Waals surface area contributed by atoms with Crippen molar-refractivity contribution >= 4 is 59.1 Å². The molecule has 0 radical (unpaired) electrons. The fourth-order valence-corrected chi connectivity index (χ4v) is 13.8. The summed E-state index contributed by atoms with van der Waals surface area (Å²) in [6.45, 7) is 10.0. The Morgan fingerprint density at radius 2 is 0.713 bits per heavy atom. The lowest BCUT2D eigenvalue weighted by Gasteiger charge is -2.42. The van der Waals surface area contributed by atoms with Gasteiger partial charge in [-0.3, -0.25) is 47.9 Å². The summed E-state index contributed by atoms with van der Waals surface area (Å²) in [5.41, 5.74) is -0.294. The van der Waals surface area contributed by atoms with E-state index in [9.17, 15) is 93.9 Å². The highest BCUT2D eigenvalue weighted by Gasteiger charge is 2.48. The zero-order chi connectivity index (χ0) is 84.7. The summed E-state index contributed by atoms with van der Waals surface area (Å²) in [5, 5.41) is 119. The minimum atomic E-state index is -1.46. The molecule has 16 unspecified atom stereocenters. The van der Waals surface area contributed by atoms with Gasteiger partial charge in [0.15, 0.2) is 18.9 Å². The Labute approximate surface area is 673 Å². The van der Waals surface area contributed by atoms with Crippen molar-refractivity contribution < 1.29 is 141 Å². The molecule has 0 aromatic rings. The number of carbonyl (C=O) groups is 10. The molecule has 4 rings (SSSR count). The average Bonchev–Trinajstić information content (AvgIpc) is 0.817. The predicted molar refractivity (Wildman–Crippen MR) is 410 cm³/mol. The highest BCUT2D eigenvalue weighted by molar-refractivity contribution is 5.84. The molecule has 16 atom stereocenters. The topological polar surface area (TPSA) is 565 Å². The van der Waals surface area contributed by atoms with Crippen LogP contribution in [-0.2, 0) is 95.3 Å². The molecular weight excluding hydrogens is 1520 g/mol. The van der Waals surface area contributed by atoms with Crippen molar-refractivity contribution in [3.63, 3.8) is 0 Å². The molecule has 0 spiro atoms. The lowest BCUT2D eigenvalue weighted by atomic mass is 9.82. The Balaban J connectivity index is 1.29. The number of ether oxygens (including phenoxy) is 10. The monoisotopic (exact) mass is 1650 g/mol. The first-order chi connectivity index (χ1) is 55.0. The fourth-order valence-electron chi connectivity index (χ4n) is 13.8. The van der Waals surface area contributed by atoms with Crippen molar-refractivity contribution in [2.24, 2.45) is 17.8 Å². The molecule has 1 aliphatic carbocycles. The quantitative estimate of drug-likeness (QED) is 0.0258. The van der Waals surface area contributed by atoms with Crippen LogP contribution in [0.1, 0.15) is 176 Å². The normalized spacial score (nSPS) is 26.1. The Morgan fingerprint density at radius 3 is 1.05 bits per heavy atom. The van der Waals surface area contributed by atoms with E-state index in [1.165, 1.54) is 20.8 Å². The van der Waals surface area contributed by atoms with Gasteiger partial charge in [0.25, 0.3) is 0 Å². The second-order valence-corrected chi connectivity index (χ2v) is 30.5. The lowest BCUT2D eigenvalue weighted by Crippen LogP contribution is -2.64. The number of hydrogen-bond acceptors (Lipinski definition) is 29. The zero-order valence-electron chi connectivity index (χ0n) is 67.9. The third-order valence-electron chi connectivity index (χ3n) is 19.8. The fraction of sp³-hybridized carbons (Fsp3) is 0.868. The summed E-state index contributed by atoms with van der Waals surface area (Å²) in [6, 6.07) is -3.31. The molecule has 3 saturated heterocycles. The number of unbranched alkanes of at least 4 members (excludes halogenated alkanes) is 7. The maximum absolute atomic E-state index is 14.5. The van der Waals surface area contributed by atoms with Gasteiger partial charge in [0.05, 0.1) is 91.0 Å². The molecule has 0 bridgehead atoms. The second-order valence-electron chi connectivity index (χ2n) is 30.5. The van der Waals surface area contributed by atoms with Crippen LogP contribution in [0.4, 0.5) is 0 Å². The minimum Gasteiger partial charge on any atom is -0.394 e. The van der Waals surface area contributed by atoms with Crippen LogP contribution in [-0.4, -0.2) is 334 Å². The van der Waals surface area contributed by atoms with Gasteiger partial charge in [-0.15, -0.1) is 0 Å². The van der Waals surface area contributed by atoms with Crippen molar-refractivity contribution in [1.29, 1.82) is 0 Å². The molecule has 0 aromatic carbocycles. The number of hydrogen-bond donors (Lipinski definition) is 19. The van der Waals surface area contributed by atoms with Crippen LogP contribution in [0, 0.1) is 17.8 Å². The van der Waals surface area contributed by atoms with Crippen LogP contribution in [0.25, 0.3) is 0 Å². The first-order valence-corrected chi connectivity index (χ1v) is 40.8. The SMILES string of the molecule is CC(=O)NC1C(OCCOCCNC(=O)CCCCCNC(=O)CC(CC(=O)NCCCCCC(=O)NCCOCCOC2OC(CO)C(O)C(O)C2NC(C)=O)C(CCCCNC(=O)C2CCC(OC(C)(C)C)CC2)C(=O)NCCCCCC(=O)NCCOCCOC2OC(CO)C(O)C(O)C2NC(C)=O)OC(CO)C(O)C1O. The van der Waals surface area contributed by atoms with E-state index in [0.717, 1.165) is 12.8 Å². The van der Waals surface area contributed by atoms with E-state index in [0.29, 0.717) is 90.0 Å². The van der Waals surface area contributed by atoms with E-state index in [2.05, 4.69) is 53.2 Å². The van der Waals surface area contributed by atoms with Crippen molar-refractivity contribution in [2.45, 2.75) is 280 Å². The smallest absolute Gasteiger partial charge is 0.223 e. The van der Waals surface area contributed by atoms with Gasteiger partial charge in [-0.05, 0) is 104 Å². The van der Waals surface area contributed by atoms with Crippen molar-refractivity contribution in [3.05, 3.63) is 0 Å². The van der Waals surface area contributed by atoms with Gasteiger partial charge in [-0.2, -0.15) is 0 Å². The van der Waals surface area contributed by atoms with E-state index < -0.39 is 141 Å². The molecule has 10 amide bonds. The van der Waals surface area contributed by atoms with Gasteiger partial charge in [0.1, 0.15) is 73.1 Å². The number of carbonyl (C=O) groups excluding carboxylic acids is 10. The van der Waals surface area contributed by atoms with E-state index in [1.54, 1.807) is 0 Å². The molecule has 4 aliphatic rings. The predicted octanol–water partition coefficient (Wildman–Crippen LogP) is -4.03. The zero-order valence-corrected chi connectivity index (χ0v) is 67.9.